The highest BCUT2D eigenvalue weighted by Crippen LogP contribution is 2.22. The van der Waals surface area contributed by atoms with Crippen molar-refractivity contribution < 1.29 is 19.1 Å². The molecule has 0 fully saturated rings. The summed E-state index contributed by atoms with van der Waals surface area (Å²) in [6.07, 6.45) is 1.53. The molecule has 0 spiro atoms. The van der Waals surface area contributed by atoms with Crippen LogP contribution in [0.4, 0.5) is 0 Å². The number of esters is 1. The Morgan fingerprint density at radius 2 is 1.67 bits per heavy atom. The number of nitrogens with zero attached hydrogens (tertiary/aromatic N) is 1. The van der Waals surface area contributed by atoms with Crippen LogP contribution in [0.3, 0.4) is 0 Å². The molecule has 0 radical (unpaired) electrons. The molecule has 2 aromatic rings. The van der Waals surface area contributed by atoms with Gasteiger partial charge in [-0.15, -0.1) is 0 Å². The van der Waals surface area contributed by atoms with Gasteiger partial charge in [-0.05, 0) is 52.9 Å². The van der Waals surface area contributed by atoms with Crippen LogP contribution in [0.2, 0.25) is 0 Å². The highest BCUT2D eigenvalue weighted by Gasteiger charge is 2.14. The molecule has 0 heterocycles. The molecule has 6 nitrogen and oxygen atoms in total. The number of methoxy groups -OCH3 is 1. The number of nitrogens with one attached hydrogen (secondary N) is 1. The first-order chi connectivity index (χ1) is 12.8. The predicted octanol–water partition coefficient (Wildman–Crippen LogP) is 3.30. The third-order valence-corrected chi connectivity index (χ3v) is 3.86. The quantitative estimate of drug-likeness (QED) is 0.482. The van der Waals surface area contributed by atoms with Gasteiger partial charge in [-0.25, -0.2) is 10.2 Å². The predicted molar refractivity (Wildman–Crippen MR) is 104 cm³/mol. The number of carbonyl (C=O) groups is 2. The smallest absolute Gasteiger partial charge is 0.343 e. The largest absolute Gasteiger partial charge is 0.482 e. The molecule has 142 valence electrons. The highest BCUT2D eigenvalue weighted by atomic mass is 16.6. The number of ether oxygens (including phenoxy) is 2. The summed E-state index contributed by atoms with van der Waals surface area (Å²) in [6.45, 7) is 6.22. The molecule has 6 heteroatoms. The molecule has 0 saturated carbocycles. The lowest BCUT2D eigenvalue weighted by Crippen LogP contribution is -2.18. The Hall–Kier alpha value is -3.15. The lowest BCUT2D eigenvalue weighted by Gasteiger charge is -2.18. The van der Waals surface area contributed by atoms with Crippen molar-refractivity contribution in [3.05, 3.63) is 65.2 Å². The fraction of sp³-hybridized carbons (Fsp3) is 0.286. The number of amides is 1. The zero-order chi connectivity index (χ0) is 19.9. The van der Waals surface area contributed by atoms with Crippen LogP contribution < -0.4 is 10.2 Å². The third-order valence-electron chi connectivity index (χ3n) is 3.86. The normalized spacial score (nSPS) is 11.3. The van der Waals surface area contributed by atoms with Crippen LogP contribution in [0.1, 0.15) is 42.3 Å². The highest BCUT2D eigenvalue weighted by molar-refractivity contribution is 5.94. The monoisotopic (exact) mass is 368 g/mol. The second-order valence-corrected chi connectivity index (χ2v) is 6.96. The van der Waals surface area contributed by atoms with Crippen molar-refractivity contribution in [2.75, 3.05) is 13.7 Å². The van der Waals surface area contributed by atoms with Crippen LogP contribution in [0.25, 0.3) is 0 Å². The Morgan fingerprint density at radius 3 is 2.22 bits per heavy atom. The van der Waals surface area contributed by atoms with E-state index in [1.54, 1.807) is 36.4 Å². The number of carbonyl (C=O) groups excluding carboxylic acids is 2. The number of hydrogen-bond acceptors (Lipinski definition) is 5. The molecule has 27 heavy (non-hydrogen) atoms. The molecular weight excluding hydrogens is 344 g/mol. The number of benzene rings is 2. The Labute approximate surface area is 159 Å². The van der Waals surface area contributed by atoms with Crippen LogP contribution in [0, 0.1) is 0 Å². The Bertz CT molecular complexity index is 804. The maximum Gasteiger partial charge on any atom is 0.343 e. The third kappa shape index (κ3) is 6.26. The first kappa shape index (κ1) is 20.2. The van der Waals surface area contributed by atoms with Gasteiger partial charge in [0.1, 0.15) is 5.75 Å². The number of hydrogen-bond donors (Lipinski definition) is 1. The van der Waals surface area contributed by atoms with Crippen molar-refractivity contribution in [3.63, 3.8) is 0 Å². The molecule has 1 N–H and O–H groups in total. The van der Waals surface area contributed by atoms with Gasteiger partial charge in [0.15, 0.2) is 6.61 Å². The summed E-state index contributed by atoms with van der Waals surface area (Å²) in [5, 5.41) is 3.97. The van der Waals surface area contributed by atoms with Crippen molar-refractivity contribution in [3.8, 4) is 5.75 Å². The van der Waals surface area contributed by atoms with E-state index >= 15 is 0 Å². The molecule has 0 aliphatic rings. The summed E-state index contributed by atoms with van der Waals surface area (Å²) < 4.78 is 9.76. The van der Waals surface area contributed by atoms with E-state index in [2.05, 4.69) is 36.0 Å². The van der Waals surface area contributed by atoms with E-state index in [9.17, 15) is 9.59 Å². The minimum Gasteiger partial charge on any atom is -0.482 e. The molecular formula is C21H24N2O4. The van der Waals surface area contributed by atoms with Crippen LogP contribution in [0.15, 0.2) is 53.6 Å². The average molecular weight is 368 g/mol. The Morgan fingerprint density at radius 1 is 1.04 bits per heavy atom. The summed E-state index contributed by atoms with van der Waals surface area (Å²) in [6, 6.07) is 14.4. The minimum atomic E-state index is -0.445. The van der Waals surface area contributed by atoms with Gasteiger partial charge in [0.2, 0.25) is 0 Å². The molecule has 2 rings (SSSR count). The van der Waals surface area contributed by atoms with Crippen LogP contribution in [0.5, 0.6) is 5.75 Å². The van der Waals surface area contributed by atoms with E-state index in [1.807, 2.05) is 12.1 Å². The number of hydrazone groups is 1. The van der Waals surface area contributed by atoms with E-state index in [1.165, 1.54) is 13.3 Å². The molecule has 0 atom stereocenters. The fourth-order valence-corrected chi connectivity index (χ4v) is 2.20. The maximum atomic E-state index is 12.1. The zero-order valence-corrected chi connectivity index (χ0v) is 16.0. The summed E-state index contributed by atoms with van der Waals surface area (Å²) in [5.74, 6) is -0.177. The van der Waals surface area contributed by atoms with Crippen molar-refractivity contribution in [2.45, 2.75) is 26.2 Å². The first-order valence-electron chi connectivity index (χ1n) is 8.53. The SMILES string of the molecule is COC(=O)COc1ccc(/C=N\NC(=O)c2ccc(C(C)(C)C)cc2)cc1. The topological polar surface area (TPSA) is 77.0 Å². The molecule has 0 bridgehead atoms. The Balaban J connectivity index is 1.89. The number of rotatable bonds is 6. The van der Waals surface area contributed by atoms with Gasteiger partial charge in [-0.3, -0.25) is 4.79 Å². The molecule has 0 unspecified atom stereocenters. The average Bonchev–Trinajstić information content (AvgIpc) is 2.66. The molecule has 0 saturated heterocycles. The summed E-state index contributed by atoms with van der Waals surface area (Å²) >= 11 is 0. The van der Waals surface area contributed by atoms with Gasteiger partial charge in [0, 0.05) is 5.56 Å². The zero-order valence-electron chi connectivity index (χ0n) is 16.0. The van der Waals surface area contributed by atoms with Gasteiger partial charge in [0.25, 0.3) is 5.91 Å². The summed E-state index contributed by atoms with van der Waals surface area (Å²) in [5.41, 5.74) is 5.04. The van der Waals surface area contributed by atoms with Gasteiger partial charge in [-0.1, -0.05) is 32.9 Å². The summed E-state index contributed by atoms with van der Waals surface area (Å²) in [4.78, 5) is 23.2. The summed E-state index contributed by atoms with van der Waals surface area (Å²) in [7, 11) is 1.30. The first-order valence-corrected chi connectivity index (χ1v) is 8.53. The van der Waals surface area contributed by atoms with Crippen molar-refractivity contribution in [1.82, 2.24) is 5.43 Å². The molecule has 0 aromatic heterocycles. The van der Waals surface area contributed by atoms with Crippen LogP contribution in [-0.2, 0) is 14.9 Å². The maximum absolute atomic E-state index is 12.1. The lowest BCUT2D eigenvalue weighted by molar-refractivity contribution is -0.142. The van der Waals surface area contributed by atoms with Gasteiger partial charge < -0.3 is 9.47 Å². The van der Waals surface area contributed by atoms with E-state index in [0.29, 0.717) is 11.3 Å². The van der Waals surface area contributed by atoms with E-state index < -0.39 is 5.97 Å². The Kier molecular flexibility index (Phi) is 6.71. The van der Waals surface area contributed by atoms with Crippen LogP contribution in [-0.4, -0.2) is 31.8 Å². The van der Waals surface area contributed by atoms with Gasteiger partial charge in [-0.2, -0.15) is 5.10 Å². The van der Waals surface area contributed by atoms with Crippen molar-refractivity contribution >= 4 is 18.1 Å². The molecule has 0 aliphatic heterocycles. The van der Waals surface area contributed by atoms with E-state index in [0.717, 1.165) is 11.1 Å². The standard InChI is InChI=1S/C21H24N2O4/c1-21(2,3)17-9-7-16(8-10-17)20(25)23-22-13-15-5-11-18(12-6-15)27-14-19(24)26-4/h5-13H,14H2,1-4H3,(H,23,25)/b22-13-. The minimum absolute atomic E-state index is 0.0416. The van der Waals surface area contributed by atoms with Crippen molar-refractivity contribution in [2.24, 2.45) is 5.10 Å². The van der Waals surface area contributed by atoms with Crippen LogP contribution >= 0.6 is 0 Å². The van der Waals surface area contributed by atoms with E-state index in [4.69, 9.17) is 4.74 Å². The second-order valence-electron chi connectivity index (χ2n) is 6.96. The van der Waals surface area contributed by atoms with E-state index in [-0.39, 0.29) is 17.9 Å². The molecule has 2 aromatic carbocycles. The fourth-order valence-electron chi connectivity index (χ4n) is 2.20. The van der Waals surface area contributed by atoms with Gasteiger partial charge >= 0.3 is 5.97 Å². The lowest BCUT2D eigenvalue weighted by atomic mass is 9.87. The van der Waals surface area contributed by atoms with Gasteiger partial charge in [0.05, 0.1) is 13.3 Å². The molecule has 0 aliphatic carbocycles. The molecule has 1 amide bonds. The van der Waals surface area contributed by atoms with Crippen molar-refractivity contribution in [1.29, 1.82) is 0 Å². The second kappa shape index (κ2) is 8.98.